The zero-order valence-electron chi connectivity index (χ0n) is 21.5. The molecule has 0 amide bonds. The van der Waals surface area contributed by atoms with E-state index in [1.165, 1.54) is 21.8 Å². The van der Waals surface area contributed by atoms with Gasteiger partial charge in [-0.1, -0.05) is 97.1 Å². The highest BCUT2D eigenvalue weighted by atomic mass is 16.7. The lowest BCUT2D eigenvalue weighted by Crippen LogP contribution is -2.34. The van der Waals surface area contributed by atoms with Gasteiger partial charge in [-0.05, 0) is 64.7 Å². The lowest BCUT2D eigenvalue weighted by molar-refractivity contribution is -0.0417. The number of para-hydroxylation sites is 4. The van der Waals surface area contributed by atoms with Crippen molar-refractivity contribution in [3.8, 4) is 39.4 Å². The lowest BCUT2D eigenvalue weighted by atomic mass is 9.96. The molecule has 1 aromatic heterocycles. The first kappa shape index (κ1) is 21.6. The van der Waals surface area contributed by atoms with Crippen LogP contribution >= 0.6 is 0 Å². The Morgan fingerprint density at radius 2 is 1.07 bits per heavy atom. The lowest BCUT2D eigenvalue weighted by Gasteiger charge is -2.25. The highest BCUT2D eigenvalue weighted by Gasteiger charge is 2.52. The number of hydrogen-bond acceptors (Lipinski definition) is 2. The molecular formula is C37H23NO2. The third-order valence-corrected chi connectivity index (χ3v) is 8.32. The molecule has 1 spiro atoms. The maximum absolute atomic E-state index is 6.66. The van der Waals surface area contributed by atoms with Crippen molar-refractivity contribution < 1.29 is 9.47 Å². The van der Waals surface area contributed by atoms with E-state index in [2.05, 4.69) is 120 Å². The van der Waals surface area contributed by atoms with Gasteiger partial charge in [-0.15, -0.1) is 0 Å². The van der Waals surface area contributed by atoms with Crippen LogP contribution in [0.2, 0.25) is 0 Å². The Balaban J connectivity index is 1.26. The average molecular weight is 514 g/mol. The standard InChI is InChI=1S/C37H23NO2/c1-2-10-26(11-3-1)38-33-15-7-5-13-29(33)30-21-19-25(23-34(30)38)24-18-20-28-27-12-4-6-14-31(27)37(32(28)22-24)39-35-16-8-9-17-36(35)40-37/h1-23H. The molecule has 0 saturated carbocycles. The third-order valence-electron chi connectivity index (χ3n) is 8.32. The predicted molar refractivity (Wildman–Crippen MR) is 160 cm³/mol. The molecule has 3 heteroatoms. The van der Waals surface area contributed by atoms with E-state index in [0.29, 0.717) is 0 Å². The van der Waals surface area contributed by atoms with Crippen LogP contribution < -0.4 is 9.47 Å². The molecule has 40 heavy (non-hydrogen) atoms. The van der Waals surface area contributed by atoms with Gasteiger partial charge in [-0.25, -0.2) is 0 Å². The van der Waals surface area contributed by atoms with Crippen LogP contribution in [0, 0.1) is 0 Å². The fraction of sp³-hybridized carbons (Fsp3) is 0.0270. The quantitative estimate of drug-likeness (QED) is 0.230. The SMILES string of the molecule is c1ccc(-n2c3ccccc3c3ccc(-c4ccc5c(c4)C4(Oc6ccccc6O4)c4ccccc4-5)cc32)cc1. The first-order valence-corrected chi connectivity index (χ1v) is 13.6. The van der Waals surface area contributed by atoms with Crippen molar-refractivity contribution in [2.75, 3.05) is 0 Å². The third kappa shape index (κ3) is 2.84. The van der Waals surface area contributed by atoms with Crippen LogP contribution in [0.25, 0.3) is 49.7 Å². The molecule has 1 aliphatic carbocycles. The zero-order chi connectivity index (χ0) is 26.3. The Hall–Kier alpha value is -5.28. The summed E-state index contributed by atoms with van der Waals surface area (Å²) < 4.78 is 15.7. The summed E-state index contributed by atoms with van der Waals surface area (Å²) in [6, 6.07) is 49.0. The minimum atomic E-state index is -0.991. The Morgan fingerprint density at radius 1 is 0.450 bits per heavy atom. The highest BCUT2D eigenvalue weighted by molar-refractivity contribution is 6.10. The van der Waals surface area contributed by atoms with Crippen molar-refractivity contribution in [2.24, 2.45) is 0 Å². The van der Waals surface area contributed by atoms with Gasteiger partial charge >= 0.3 is 5.79 Å². The second-order valence-electron chi connectivity index (χ2n) is 10.5. The molecule has 2 aliphatic rings. The normalized spacial score (nSPS) is 14.1. The number of fused-ring (bicyclic) bond motifs is 9. The van der Waals surface area contributed by atoms with Crippen LogP contribution in [0.4, 0.5) is 0 Å². The van der Waals surface area contributed by atoms with Crippen molar-refractivity contribution >= 4 is 21.8 Å². The van der Waals surface area contributed by atoms with E-state index in [1.54, 1.807) is 0 Å². The van der Waals surface area contributed by atoms with E-state index in [0.717, 1.165) is 50.6 Å². The highest BCUT2D eigenvalue weighted by Crippen LogP contribution is 2.56. The number of aromatic nitrogens is 1. The van der Waals surface area contributed by atoms with Gasteiger partial charge in [0.2, 0.25) is 0 Å². The Morgan fingerprint density at radius 3 is 1.93 bits per heavy atom. The second-order valence-corrected chi connectivity index (χ2v) is 10.5. The molecular weight excluding hydrogens is 490 g/mol. The summed E-state index contributed by atoms with van der Waals surface area (Å²) in [5, 5.41) is 2.49. The molecule has 188 valence electrons. The van der Waals surface area contributed by atoms with Gasteiger partial charge in [0.25, 0.3) is 0 Å². The van der Waals surface area contributed by atoms with Crippen LogP contribution in [0.15, 0.2) is 140 Å². The average Bonchev–Trinajstić information content (AvgIpc) is 3.65. The monoisotopic (exact) mass is 513 g/mol. The van der Waals surface area contributed by atoms with E-state index < -0.39 is 5.79 Å². The van der Waals surface area contributed by atoms with Crippen molar-refractivity contribution in [3.05, 3.63) is 151 Å². The van der Waals surface area contributed by atoms with Crippen molar-refractivity contribution in [1.82, 2.24) is 4.57 Å². The Kier molecular flexibility index (Phi) is 4.26. The summed E-state index contributed by atoms with van der Waals surface area (Å²) in [4.78, 5) is 0. The maximum Gasteiger partial charge on any atom is 0.306 e. The molecule has 0 N–H and O–H groups in total. The van der Waals surface area contributed by atoms with Gasteiger partial charge in [0.05, 0.1) is 11.0 Å². The minimum Gasteiger partial charge on any atom is -0.440 e. The molecule has 0 saturated heterocycles. The smallest absolute Gasteiger partial charge is 0.306 e. The van der Waals surface area contributed by atoms with Crippen molar-refractivity contribution in [2.45, 2.75) is 5.79 Å². The summed E-state index contributed by atoms with van der Waals surface area (Å²) in [7, 11) is 0. The summed E-state index contributed by atoms with van der Waals surface area (Å²) in [5.74, 6) is 0.544. The molecule has 7 aromatic rings. The Bertz CT molecular complexity index is 2100. The van der Waals surface area contributed by atoms with Crippen LogP contribution in [0.5, 0.6) is 11.5 Å². The van der Waals surface area contributed by atoms with Gasteiger partial charge in [0.1, 0.15) is 0 Å². The number of benzene rings is 6. The van der Waals surface area contributed by atoms with E-state index in [9.17, 15) is 0 Å². The number of hydrogen-bond donors (Lipinski definition) is 0. The summed E-state index contributed by atoms with van der Waals surface area (Å²) in [6.45, 7) is 0. The number of rotatable bonds is 2. The molecule has 3 nitrogen and oxygen atoms in total. The summed E-state index contributed by atoms with van der Waals surface area (Å²) in [6.07, 6.45) is 0. The maximum atomic E-state index is 6.66. The molecule has 9 rings (SSSR count). The van der Waals surface area contributed by atoms with Crippen molar-refractivity contribution in [1.29, 1.82) is 0 Å². The predicted octanol–water partition coefficient (Wildman–Crippen LogP) is 9.10. The first-order chi connectivity index (χ1) is 19.8. The van der Waals surface area contributed by atoms with Crippen LogP contribution in [-0.2, 0) is 5.79 Å². The van der Waals surface area contributed by atoms with Crippen LogP contribution in [0.3, 0.4) is 0 Å². The van der Waals surface area contributed by atoms with Crippen LogP contribution in [0.1, 0.15) is 11.1 Å². The molecule has 6 aromatic carbocycles. The van der Waals surface area contributed by atoms with Gasteiger partial charge in [0.15, 0.2) is 11.5 Å². The van der Waals surface area contributed by atoms with E-state index in [-0.39, 0.29) is 0 Å². The van der Waals surface area contributed by atoms with E-state index >= 15 is 0 Å². The largest absolute Gasteiger partial charge is 0.440 e. The van der Waals surface area contributed by atoms with Gasteiger partial charge < -0.3 is 14.0 Å². The summed E-state index contributed by atoms with van der Waals surface area (Å²) in [5.41, 5.74) is 10.2. The molecule has 2 heterocycles. The second kappa shape index (κ2) is 7.87. The number of ether oxygens (including phenoxy) is 2. The molecule has 0 unspecified atom stereocenters. The molecule has 0 bridgehead atoms. The Labute approximate surface area is 231 Å². The van der Waals surface area contributed by atoms with E-state index in [1.807, 2.05) is 24.3 Å². The molecule has 0 radical (unpaired) electrons. The van der Waals surface area contributed by atoms with Gasteiger partial charge in [-0.2, -0.15) is 0 Å². The van der Waals surface area contributed by atoms with Crippen molar-refractivity contribution in [3.63, 3.8) is 0 Å². The van der Waals surface area contributed by atoms with Crippen LogP contribution in [-0.4, -0.2) is 4.57 Å². The van der Waals surface area contributed by atoms with E-state index in [4.69, 9.17) is 9.47 Å². The molecule has 1 aliphatic heterocycles. The topological polar surface area (TPSA) is 23.4 Å². The molecule has 0 atom stereocenters. The minimum absolute atomic E-state index is 0.768. The fourth-order valence-electron chi connectivity index (χ4n) is 6.56. The zero-order valence-corrected chi connectivity index (χ0v) is 21.5. The summed E-state index contributed by atoms with van der Waals surface area (Å²) >= 11 is 0. The fourth-order valence-corrected chi connectivity index (χ4v) is 6.56. The molecule has 0 fully saturated rings. The first-order valence-electron chi connectivity index (χ1n) is 13.6. The van der Waals surface area contributed by atoms with Gasteiger partial charge in [0, 0.05) is 27.6 Å². The number of nitrogens with zero attached hydrogens (tertiary/aromatic N) is 1. The van der Waals surface area contributed by atoms with Gasteiger partial charge in [-0.3, -0.25) is 0 Å².